The zero-order valence-corrected chi connectivity index (χ0v) is 13.9. The van der Waals surface area contributed by atoms with E-state index >= 15 is 0 Å². The summed E-state index contributed by atoms with van der Waals surface area (Å²) in [5.74, 6) is 0.921. The van der Waals surface area contributed by atoms with Crippen molar-refractivity contribution in [2.24, 2.45) is 0 Å². The molecule has 5 nitrogen and oxygen atoms in total. The number of nitrogens with zero attached hydrogens (tertiary/aromatic N) is 1. The molecule has 1 unspecified atom stereocenters. The molecule has 3 N–H and O–H groups in total. The zero-order valence-electron chi connectivity index (χ0n) is 13.9. The molecule has 3 rings (SSSR count). The van der Waals surface area contributed by atoms with E-state index in [0.29, 0.717) is 18.3 Å². The molecular weight excluding hydrogens is 290 g/mol. The number of amides is 1. The van der Waals surface area contributed by atoms with E-state index in [9.17, 15) is 4.79 Å². The molecule has 1 saturated carbocycles. The average Bonchev–Trinajstić information content (AvgIpc) is 2.56. The number of anilines is 2. The SMILES string of the molecule is CCC1CN(CC(=O)NC2CCCCC2)c2cc(N)ccc2O1. The molecule has 5 heteroatoms. The molecule has 0 saturated heterocycles. The standard InChI is InChI=1S/C18H27N3O2/c1-2-15-11-21(16-10-13(19)8-9-17(16)23-15)12-18(22)20-14-6-4-3-5-7-14/h8-10,14-15H,2-7,11-12,19H2,1H3,(H,20,22). The van der Waals surface area contributed by atoms with E-state index in [1.54, 1.807) is 0 Å². The maximum absolute atomic E-state index is 12.4. The molecule has 0 radical (unpaired) electrons. The molecule has 1 heterocycles. The summed E-state index contributed by atoms with van der Waals surface area (Å²) < 4.78 is 5.97. The number of rotatable bonds is 4. The van der Waals surface area contributed by atoms with Gasteiger partial charge >= 0.3 is 0 Å². The van der Waals surface area contributed by atoms with E-state index in [1.807, 2.05) is 18.2 Å². The number of nitrogen functional groups attached to an aromatic ring is 1. The Morgan fingerprint density at radius 3 is 2.87 bits per heavy atom. The van der Waals surface area contributed by atoms with Crippen molar-refractivity contribution in [3.05, 3.63) is 18.2 Å². The van der Waals surface area contributed by atoms with Gasteiger partial charge in [-0.3, -0.25) is 4.79 Å². The third kappa shape index (κ3) is 3.89. The minimum absolute atomic E-state index is 0.0991. The Hall–Kier alpha value is -1.91. The summed E-state index contributed by atoms with van der Waals surface area (Å²) in [6, 6.07) is 5.99. The first-order valence-electron chi connectivity index (χ1n) is 8.76. The van der Waals surface area contributed by atoms with Crippen molar-refractivity contribution in [2.45, 2.75) is 57.6 Å². The molecule has 0 spiro atoms. The number of benzene rings is 1. The lowest BCUT2D eigenvalue weighted by atomic mass is 9.95. The van der Waals surface area contributed by atoms with Crippen molar-refractivity contribution < 1.29 is 9.53 Å². The third-order valence-corrected chi connectivity index (χ3v) is 4.80. The number of carbonyl (C=O) groups excluding carboxylic acids is 1. The number of nitrogens with one attached hydrogen (secondary N) is 1. The van der Waals surface area contributed by atoms with Crippen LogP contribution < -0.4 is 20.7 Å². The van der Waals surface area contributed by atoms with Gasteiger partial charge in [-0.15, -0.1) is 0 Å². The van der Waals surface area contributed by atoms with E-state index < -0.39 is 0 Å². The van der Waals surface area contributed by atoms with E-state index in [-0.39, 0.29) is 12.0 Å². The predicted molar refractivity (Wildman–Crippen MR) is 92.8 cm³/mol. The minimum Gasteiger partial charge on any atom is -0.486 e. The number of hydrogen-bond donors (Lipinski definition) is 2. The number of hydrogen-bond acceptors (Lipinski definition) is 4. The van der Waals surface area contributed by atoms with Gasteiger partial charge < -0.3 is 20.7 Å². The maximum Gasteiger partial charge on any atom is 0.239 e. The Kier molecular flexibility index (Phi) is 4.94. The highest BCUT2D eigenvalue weighted by Gasteiger charge is 2.27. The van der Waals surface area contributed by atoms with Crippen LogP contribution in [0.4, 0.5) is 11.4 Å². The van der Waals surface area contributed by atoms with E-state index in [2.05, 4.69) is 17.1 Å². The summed E-state index contributed by atoms with van der Waals surface area (Å²) >= 11 is 0. The predicted octanol–water partition coefficient (Wildman–Crippen LogP) is 2.70. The third-order valence-electron chi connectivity index (χ3n) is 4.80. The zero-order chi connectivity index (χ0) is 16.2. The van der Waals surface area contributed by atoms with Crippen LogP contribution in [0.1, 0.15) is 45.4 Å². The van der Waals surface area contributed by atoms with Crippen molar-refractivity contribution in [3.63, 3.8) is 0 Å². The fourth-order valence-corrected chi connectivity index (χ4v) is 3.50. The van der Waals surface area contributed by atoms with Crippen molar-refractivity contribution in [1.29, 1.82) is 0 Å². The number of fused-ring (bicyclic) bond motifs is 1. The molecule has 23 heavy (non-hydrogen) atoms. The second-order valence-electron chi connectivity index (χ2n) is 6.66. The van der Waals surface area contributed by atoms with Gasteiger partial charge in [-0.2, -0.15) is 0 Å². The van der Waals surface area contributed by atoms with Crippen LogP contribution in [0.25, 0.3) is 0 Å². The molecule has 1 aliphatic carbocycles. The van der Waals surface area contributed by atoms with E-state index in [1.165, 1.54) is 19.3 Å². The Balaban J connectivity index is 1.68. The maximum atomic E-state index is 12.4. The average molecular weight is 317 g/mol. The van der Waals surface area contributed by atoms with Crippen LogP contribution in [-0.4, -0.2) is 31.1 Å². The molecule has 0 bridgehead atoms. The van der Waals surface area contributed by atoms with Crippen molar-refractivity contribution in [1.82, 2.24) is 5.32 Å². The largest absolute Gasteiger partial charge is 0.486 e. The van der Waals surface area contributed by atoms with Gasteiger partial charge in [0.2, 0.25) is 5.91 Å². The lowest BCUT2D eigenvalue weighted by molar-refractivity contribution is -0.120. The highest BCUT2D eigenvalue weighted by molar-refractivity contribution is 5.83. The Labute approximate surface area is 138 Å². The van der Waals surface area contributed by atoms with Crippen molar-refractivity contribution >= 4 is 17.3 Å². The minimum atomic E-state index is 0.0991. The van der Waals surface area contributed by atoms with Crippen LogP contribution >= 0.6 is 0 Å². The molecule has 2 aliphatic rings. The van der Waals surface area contributed by atoms with E-state index in [0.717, 1.165) is 37.2 Å². The molecule has 1 amide bonds. The summed E-state index contributed by atoms with van der Waals surface area (Å²) in [5.41, 5.74) is 7.53. The van der Waals surface area contributed by atoms with Gasteiger partial charge in [0.25, 0.3) is 0 Å². The quantitative estimate of drug-likeness (QED) is 0.838. The fraction of sp³-hybridized carbons (Fsp3) is 0.611. The van der Waals surface area contributed by atoms with Gasteiger partial charge in [-0.05, 0) is 37.5 Å². The molecule has 1 fully saturated rings. The number of ether oxygens (including phenoxy) is 1. The van der Waals surface area contributed by atoms with Crippen LogP contribution in [0.5, 0.6) is 5.75 Å². The van der Waals surface area contributed by atoms with Crippen LogP contribution in [0.3, 0.4) is 0 Å². The molecule has 1 aromatic rings. The Morgan fingerprint density at radius 1 is 1.35 bits per heavy atom. The summed E-state index contributed by atoms with van der Waals surface area (Å²) in [4.78, 5) is 14.5. The van der Waals surface area contributed by atoms with Gasteiger partial charge in [0.15, 0.2) is 0 Å². The molecule has 1 aliphatic heterocycles. The summed E-state index contributed by atoms with van der Waals surface area (Å²) in [7, 11) is 0. The van der Waals surface area contributed by atoms with E-state index in [4.69, 9.17) is 10.5 Å². The van der Waals surface area contributed by atoms with Gasteiger partial charge in [0.05, 0.1) is 18.8 Å². The van der Waals surface area contributed by atoms with Crippen LogP contribution in [0.2, 0.25) is 0 Å². The van der Waals surface area contributed by atoms with Gasteiger partial charge in [0, 0.05) is 11.7 Å². The van der Waals surface area contributed by atoms with Gasteiger partial charge in [0.1, 0.15) is 11.9 Å². The second kappa shape index (κ2) is 7.11. The first-order chi connectivity index (χ1) is 11.2. The highest BCUT2D eigenvalue weighted by Crippen LogP contribution is 2.35. The lowest BCUT2D eigenvalue weighted by Gasteiger charge is -2.36. The fourth-order valence-electron chi connectivity index (χ4n) is 3.50. The summed E-state index contributed by atoms with van der Waals surface area (Å²) in [5, 5.41) is 3.19. The first kappa shape index (κ1) is 16.0. The van der Waals surface area contributed by atoms with Crippen LogP contribution in [0, 0.1) is 0 Å². The highest BCUT2D eigenvalue weighted by atomic mass is 16.5. The van der Waals surface area contributed by atoms with Crippen LogP contribution in [0.15, 0.2) is 18.2 Å². The van der Waals surface area contributed by atoms with Gasteiger partial charge in [-0.1, -0.05) is 26.2 Å². The molecule has 1 aromatic carbocycles. The van der Waals surface area contributed by atoms with Crippen molar-refractivity contribution in [2.75, 3.05) is 23.7 Å². The summed E-state index contributed by atoms with van der Waals surface area (Å²) in [6.07, 6.45) is 6.99. The van der Waals surface area contributed by atoms with Crippen LogP contribution in [-0.2, 0) is 4.79 Å². The smallest absolute Gasteiger partial charge is 0.239 e. The van der Waals surface area contributed by atoms with Gasteiger partial charge in [-0.25, -0.2) is 0 Å². The monoisotopic (exact) mass is 317 g/mol. The molecule has 1 atom stereocenters. The molecular formula is C18H27N3O2. The lowest BCUT2D eigenvalue weighted by Crippen LogP contribution is -2.47. The molecule has 0 aromatic heterocycles. The Morgan fingerprint density at radius 2 is 2.13 bits per heavy atom. The first-order valence-corrected chi connectivity index (χ1v) is 8.76. The Bertz CT molecular complexity index is 555. The van der Waals surface area contributed by atoms with Crippen molar-refractivity contribution in [3.8, 4) is 5.75 Å². The number of carbonyl (C=O) groups is 1. The summed E-state index contributed by atoms with van der Waals surface area (Å²) in [6.45, 7) is 3.20. The molecule has 126 valence electrons. The topological polar surface area (TPSA) is 67.6 Å². The second-order valence-corrected chi connectivity index (χ2v) is 6.66. The normalized spacial score (nSPS) is 21.4. The number of nitrogens with two attached hydrogens (primary N) is 1.